The molecule has 1 aliphatic heterocycles. The van der Waals surface area contributed by atoms with Gasteiger partial charge in [-0.15, -0.1) is 0 Å². The highest BCUT2D eigenvalue weighted by atomic mass is 16.2. The molecule has 0 saturated carbocycles. The molecule has 0 radical (unpaired) electrons. The molecule has 5 nitrogen and oxygen atoms in total. The molecule has 5 heteroatoms. The van der Waals surface area contributed by atoms with E-state index in [1.54, 1.807) is 0 Å². The number of rotatable bonds is 4. The Kier molecular flexibility index (Phi) is 5.56. The third-order valence-corrected chi connectivity index (χ3v) is 3.84. The number of amides is 1. The molecule has 18 heavy (non-hydrogen) atoms. The zero-order valence-corrected chi connectivity index (χ0v) is 12.2. The maximum Gasteiger partial charge on any atom is 0.233 e. The molecule has 1 atom stereocenters. The van der Waals surface area contributed by atoms with Crippen molar-refractivity contribution < 1.29 is 4.79 Å². The summed E-state index contributed by atoms with van der Waals surface area (Å²) < 4.78 is 0. The molecule has 0 spiro atoms. The minimum Gasteiger partial charge on any atom is -0.298 e. The Balaban J connectivity index is 2.32. The van der Waals surface area contributed by atoms with Crippen molar-refractivity contribution in [3.63, 3.8) is 0 Å². The van der Waals surface area contributed by atoms with Gasteiger partial charge in [-0.3, -0.25) is 20.0 Å². The maximum absolute atomic E-state index is 11.1. The highest BCUT2D eigenvalue weighted by molar-refractivity contribution is 5.75. The quantitative estimate of drug-likeness (QED) is 0.438. The molecule has 0 bridgehead atoms. The van der Waals surface area contributed by atoms with E-state index in [1.165, 1.54) is 0 Å². The van der Waals surface area contributed by atoms with Crippen LogP contribution in [0.2, 0.25) is 0 Å². The molecule has 0 aromatic rings. The Hall–Kier alpha value is -0.650. The minimum absolute atomic E-state index is 0.0739. The van der Waals surface area contributed by atoms with Gasteiger partial charge < -0.3 is 0 Å². The molecule has 0 aromatic carbocycles. The summed E-state index contributed by atoms with van der Waals surface area (Å²) in [6.07, 6.45) is 1.38. The molecule has 0 aromatic heterocycles. The summed E-state index contributed by atoms with van der Waals surface area (Å²) in [5, 5.41) is 0. The van der Waals surface area contributed by atoms with Gasteiger partial charge in [0.05, 0.1) is 0 Å². The van der Waals surface area contributed by atoms with E-state index in [2.05, 4.69) is 42.9 Å². The number of carbonyl (C=O) groups excluding carboxylic acids is 1. The predicted molar refractivity (Wildman–Crippen MR) is 73.9 cm³/mol. The van der Waals surface area contributed by atoms with Gasteiger partial charge in [0.2, 0.25) is 5.91 Å². The lowest BCUT2D eigenvalue weighted by Crippen LogP contribution is -2.55. The van der Waals surface area contributed by atoms with Crippen LogP contribution in [0.1, 0.15) is 40.5 Å². The fourth-order valence-corrected chi connectivity index (χ4v) is 2.43. The van der Waals surface area contributed by atoms with Gasteiger partial charge in [0.15, 0.2) is 0 Å². The first-order chi connectivity index (χ1) is 8.34. The van der Waals surface area contributed by atoms with Crippen LogP contribution in [0, 0.1) is 0 Å². The molecule has 1 saturated heterocycles. The predicted octanol–water partition coefficient (Wildman–Crippen LogP) is 0.561. The van der Waals surface area contributed by atoms with Gasteiger partial charge in [0.1, 0.15) is 0 Å². The van der Waals surface area contributed by atoms with Crippen LogP contribution < -0.4 is 11.3 Å². The van der Waals surface area contributed by atoms with Crippen LogP contribution >= 0.6 is 0 Å². The summed E-state index contributed by atoms with van der Waals surface area (Å²) in [7, 11) is 0. The summed E-state index contributed by atoms with van der Waals surface area (Å²) in [6, 6.07) is 0.449. The first-order valence-corrected chi connectivity index (χ1v) is 6.83. The van der Waals surface area contributed by atoms with Gasteiger partial charge in [0, 0.05) is 44.2 Å². The Bertz CT molecular complexity index is 267. The van der Waals surface area contributed by atoms with Crippen molar-refractivity contribution in [1.29, 1.82) is 0 Å². The van der Waals surface area contributed by atoms with Crippen LogP contribution in [-0.4, -0.2) is 53.5 Å². The van der Waals surface area contributed by atoms with E-state index in [1.807, 2.05) is 0 Å². The molecular weight excluding hydrogens is 228 g/mol. The summed E-state index contributed by atoms with van der Waals surface area (Å²) in [4.78, 5) is 16.1. The molecule has 1 fully saturated rings. The van der Waals surface area contributed by atoms with E-state index in [-0.39, 0.29) is 11.4 Å². The van der Waals surface area contributed by atoms with Gasteiger partial charge in [-0.05, 0) is 34.1 Å². The number of carbonyl (C=O) groups is 1. The van der Waals surface area contributed by atoms with E-state index in [0.717, 1.165) is 32.6 Å². The Morgan fingerprint density at radius 1 is 1.28 bits per heavy atom. The second-order valence-electron chi connectivity index (χ2n) is 6.15. The smallest absolute Gasteiger partial charge is 0.233 e. The summed E-state index contributed by atoms with van der Waals surface area (Å²) in [5.41, 5.74) is 2.44. The summed E-state index contributed by atoms with van der Waals surface area (Å²) in [5.74, 6) is 5.01. The zero-order chi connectivity index (χ0) is 13.8. The number of piperazine rings is 1. The van der Waals surface area contributed by atoms with Gasteiger partial charge in [-0.25, -0.2) is 5.84 Å². The third-order valence-electron chi connectivity index (χ3n) is 3.84. The van der Waals surface area contributed by atoms with Crippen molar-refractivity contribution in [2.24, 2.45) is 5.84 Å². The van der Waals surface area contributed by atoms with Crippen molar-refractivity contribution in [2.75, 3.05) is 26.2 Å². The van der Waals surface area contributed by atoms with Crippen molar-refractivity contribution in [3.05, 3.63) is 0 Å². The highest BCUT2D eigenvalue weighted by Crippen LogP contribution is 2.18. The lowest BCUT2D eigenvalue weighted by atomic mass is 10.0. The number of hydrazine groups is 1. The number of hydrogen-bond donors (Lipinski definition) is 2. The molecule has 1 unspecified atom stereocenters. The second kappa shape index (κ2) is 6.50. The van der Waals surface area contributed by atoms with Crippen LogP contribution in [0.25, 0.3) is 0 Å². The van der Waals surface area contributed by atoms with Crippen molar-refractivity contribution in [1.82, 2.24) is 15.2 Å². The van der Waals surface area contributed by atoms with Crippen LogP contribution in [0.5, 0.6) is 0 Å². The van der Waals surface area contributed by atoms with Gasteiger partial charge in [-0.2, -0.15) is 0 Å². The molecule has 1 rings (SSSR count). The average Bonchev–Trinajstić information content (AvgIpc) is 2.34. The molecule has 3 N–H and O–H groups in total. The normalized spacial score (nSPS) is 20.7. The Morgan fingerprint density at radius 3 is 2.28 bits per heavy atom. The molecule has 1 heterocycles. The minimum atomic E-state index is -0.0739. The summed E-state index contributed by atoms with van der Waals surface area (Å²) >= 11 is 0. The van der Waals surface area contributed by atoms with Crippen LogP contribution in [0.15, 0.2) is 0 Å². The fourth-order valence-electron chi connectivity index (χ4n) is 2.43. The lowest BCUT2D eigenvalue weighted by Gasteiger charge is -2.44. The molecule has 0 aliphatic carbocycles. The topological polar surface area (TPSA) is 61.6 Å². The van der Waals surface area contributed by atoms with E-state index in [0.29, 0.717) is 12.5 Å². The second-order valence-corrected chi connectivity index (χ2v) is 6.15. The van der Waals surface area contributed by atoms with Crippen molar-refractivity contribution >= 4 is 5.91 Å². The van der Waals surface area contributed by atoms with Gasteiger partial charge in [0.25, 0.3) is 0 Å². The largest absolute Gasteiger partial charge is 0.298 e. The number of hydrogen-bond acceptors (Lipinski definition) is 4. The van der Waals surface area contributed by atoms with Crippen LogP contribution in [0.4, 0.5) is 0 Å². The SMILES string of the molecule is CC(CCC(=O)NN)N1CCN(C(C)(C)C)CC1. The average molecular weight is 256 g/mol. The Labute approximate surface area is 111 Å². The molecule has 106 valence electrons. The first kappa shape index (κ1) is 15.4. The fraction of sp³-hybridized carbons (Fsp3) is 0.923. The van der Waals surface area contributed by atoms with Crippen LogP contribution in [0.3, 0.4) is 0 Å². The van der Waals surface area contributed by atoms with Crippen molar-refractivity contribution in [2.45, 2.75) is 52.1 Å². The van der Waals surface area contributed by atoms with Crippen LogP contribution in [-0.2, 0) is 4.79 Å². The molecular formula is C13H28N4O. The van der Waals surface area contributed by atoms with Gasteiger partial charge in [-0.1, -0.05) is 0 Å². The van der Waals surface area contributed by atoms with E-state index in [9.17, 15) is 4.79 Å². The summed E-state index contributed by atoms with van der Waals surface area (Å²) in [6.45, 7) is 13.4. The standard InChI is InChI=1S/C13H28N4O/c1-11(5-6-12(18)15-14)16-7-9-17(10-8-16)13(2,3)4/h11H,5-10,14H2,1-4H3,(H,15,18). The maximum atomic E-state index is 11.1. The molecule has 1 amide bonds. The molecule has 1 aliphatic rings. The van der Waals surface area contributed by atoms with E-state index in [4.69, 9.17) is 5.84 Å². The highest BCUT2D eigenvalue weighted by Gasteiger charge is 2.27. The first-order valence-electron chi connectivity index (χ1n) is 6.83. The lowest BCUT2D eigenvalue weighted by molar-refractivity contribution is -0.121. The number of nitrogens with one attached hydrogen (secondary N) is 1. The monoisotopic (exact) mass is 256 g/mol. The van der Waals surface area contributed by atoms with E-state index < -0.39 is 0 Å². The van der Waals surface area contributed by atoms with Crippen molar-refractivity contribution in [3.8, 4) is 0 Å². The van der Waals surface area contributed by atoms with E-state index >= 15 is 0 Å². The number of nitrogens with two attached hydrogens (primary N) is 1. The number of nitrogens with zero attached hydrogens (tertiary/aromatic N) is 2. The Morgan fingerprint density at radius 2 is 1.83 bits per heavy atom. The van der Waals surface area contributed by atoms with Gasteiger partial charge >= 0.3 is 0 Å². The third kappa shape index (κ3) is 4.55. The zero-order valence-electron chi connectivity index (χ0n) is 12.2.